The van der Waals surface area contributed by atoms with Gasteiger partial charge in [0.25, 0.3) is 0 Å². The molecule has 0 saturated heterocycles. The Morgan fingerprint density at radius 1 is 1.25 bits per heavy atom. The van der Waals surface area contributed by atoms with Gasteiger partial charge >= 0.3 is 0 Å². The van der Waals surface area contributed by atoms with Crippen molar-refractivity contribution in [3.8, 4) is 0 Å². The van der Waals surface area contributed by atoms with Crippen LogP contribution in [0.25, 0.3) is 10.9 Å². The molecule has 0 radical (unpaired) electrons. The molecule has 2 nitrogen and oxygen atoms in total. The Kier molecular flexibility index (Phi) is 3.07. The summed E-state index contributed by atoms with van der Waals surface area (Å²) in [6, 6.07) is 9.29. The smallest absolute Gasteiger partial charge is 0.0476 e. The highest BCUT2D eigenvalue weighted by atomic mass is 15.0. The van der Waals surface area contributed by atoms with Crippen LogP contribution in [0.3, 0.4) is 0 Å². The molecule has 20 heavy (non-hydrogen) atoms. The van der Waals surface area contributed by atoms with Crippen molar-refractivity contribution in [1.29, 1.82) is 0 Å². The van der Waals surface area contributed by atoms with Crippen molar-refractivity contribution in [2.24, 2.45) is 11.8 Å². The van der Waals surface area contributed by atoms with Crippen LogP contribution in [0.4, 0.5) is 0 Å². The molecule has 1 saturated carbocycles. The van der Waals surface area contributed by atoms with Gasteiger partial charge in [-0.3, -0.25) is 0 Å². The van der Waals surface area contributed by atoms with Crippen LogP contribution in [-0.4, -0.2) is 11.5 Å². The average molecular weight is 268 g/mol. The predicted molar refractivity (Wildman–Crippen MR) is 83.9 cm³/mol. The maximum absolute atomic E-state index is 3.83. The van der Waals surface area contributed by atoms with E-state index in [0.717, 1.165) is 11.8 Å². The molecule has 2 heteroatoms. The Hall–Kier alpha value is -1.28. The quantitative estimate of drug-likeness (QED) is 0.855. The molecule has 1 aromatic heterocycles. The molecule has 106 valence electrons. The Balaban J connectivity index is 1.57. The van der Waals surface area contributed by atoms with Gasteiger partial charge in [0.15, 0.2) is 0 Å². The lowest BCUT2D eigenvalue weighted by molar-refractivity contribution is 0.388. The van der Waals surface area contributed by atoms with Crippen molar-refractivity contribution in [2.45, 2.75) is 45.1 Å². The van der Waals surface area contributed by atoms with Gasteiger partial charge in [0.05, 0.1) is 0 Å². The molecule has 2 atom stereocenters. The molecular weight excluding hydrogens is 244 g/mol. The predicted octanol–water partition coefficient (Wildman–Crippen LogP) is 4.18. The second-order valence-electron chi connectivity index (χ2n) is 6.73. The monoisotopic (exact) mass is 268 g/mol. The fourth-order valence-corrected chi connectivity index (χ4v) is 3.78. The Bertz CT molecular complexity index is 609. The highest BCUT2D eigenvalue weighted by molar-refractivity contribution is 5.85. The van der Waals surface area contributed by atoms with Gasteiger partial charge < -0.3 is 10.3 Å². The minimum atomic E-state index is 0.535. The van der Waals surface area contributed by atoms with E-state index in [-0.39, 0.29) is 0 Å². The van der Waals surface area contributed by atoms with Crippen LogP contribution in [-0.2, 0) is 6.42 Å². The summed E-state index contributed by atoms with van der Waals surface area (Å²) in [7, 11) is 0. The third kappa shape index (κ3) is 2.16. The molecule has 1 aromatic carbocycles. The summed E-state index contributed by atoms with van der Waals surface area (Å²) in [6.07, 6.45) is 6.72. The van der Waals surface area contributed by atoms with Crippen LogP contribution in [0.2, 0.25) is 0 Å². The van der Waals surface area contributed by atoms with Gasteiger partial charge in [-0.05, 0) is 62.1 Å². The second kappa shape index (κ2) is 4.92. The first-order chi connectivity index (χ1) is 9.83. The normalized spacial score (nSPS) is 23.8. The van der Waals surface area contributed by atoms with Crippen molar-refractivity contribution >= 4 is 10.9 Å². The van der Waals surface area contributed by atoms with E-state index in [9.17, 15) is 0 Å². The molecule has 4 rings (SSSR count). The number of nitrogens with one attached hydrogen (secondary N) is 2. The molecule has 0 aliphatic heterocycles. The number of aromatic amines is 1. The van der Waals surface area contributed by atoms with Crippen LogP contribution < -0.4 is 5.32 Å². The van der Waals surface area contributed by atoms with Crippen molar-refractivity contribution in [2.75, 3.05) is 6.54 Å². The SMILES string of the molecule is CC(CNC1CCCc2c1[nH]c1ccccc21)C1CC1. The van der Waals surface area contributed by atoms with Gasteiger partial charge in [-0.25, -0.2) is 0 Å². The van der Waals surface area contributed by atoms with Gasteiger partial charge in [-0.1, -0.05) is 25.1 Å². The Morgan fingerprint density at radius 2 is 2.10 bits per heavy atom. The summed E-state index contributed by atoms with van der Waals surface area (Å²) in [6.45, 7) is 3.57. The van der Waals surface area contributed by atoms with Crippen molar-refractivity contribution in [1.82, 2.24) is 10.3 Å². The molecule has 2 N–H and O–H groups in total. The first kappa shape index (κ1) is 12.5. The van der Waals surface area contributed by atoms with Gasteiger partial charge in [0.1, 0.15) is 0 Å². The Labute approximate surface area is 121 Å². The summed E-state index contributed by atoms with van der Waals surface area (Å²) < 4.78 is 0. The maximum Gasteiger partial charge on any atom is 0.0476 e. The van der Waals surface area contributed by atoms with Crippen LogP contribution >= 0.6 is 0 Å². The zero-order chi connectivity index (χ0) is 13.5. The molecule has 1 fully saturated rings. The van der Waals surface area contributed by atoms with Crippen LogP contribution in [0.1, 0.15) is 49.9 Å². The lowest BCUT2D eigenvalue weighted by atomic mass is 9.91. The van der Waals surface area contributed by atoms with E-state index in [1.807, 2.05) is 0 Å². The van der Waals surface area contributed by atoms with E-state index in [0.29, 0.717) is 6.04 Å². The van der Waals surface area contributed by atoms with Crippen LogP contribution in [0, 0.1) is 11.8 Å². The van der Waals surface area contributed by atoms with Crippen molar-refractivity contribution < 1.29 is 0 Å². The maximum atomic E-state index is 3.83. The Morgan fingerprint density at radius 3 is 2.95 bits per heavy atom. The van der Waals surface area contributed by atoms with Gasteiger partial charge in [-0.15, -0.1) is 0 Å². The summed E-state index contributed by atoms with van der Waals surface area (Å²) in [4.78, 5) is 3.67. The van der Waals surface area contributed by atoms with Gasteiger partial charge in [-0.2, -0.15) is 0 Å². The van der Waals surface area contributed by atoms with E-state index in [2.05, 4.69) is 41.5 Å². The van der Waals surface area contributed by atoms with E-state index in [1.165, 1.54) is 55.2 Å². The molecule has 2 aliphatic rings. The van der Waals surface area contributed by atoms with Crippen LogP contribution in [0.5, 0.6) is 0 Å². The number of aromatic nitrogens is 1. The molecule has 2 unspecified atom stereocenters. The highest BCUT2D eigenvalue weighted by Gasteiger charge is 2.29. The summed E-state index contributed by atoms with van der Waals surface area (Å²) in [5.41, 5.74) is 4.32. The number of para-hydroxylation sites is 1. The lowest BCUT2D eigenvalue weighted by Gasteiger charge is -2.25. The molecule has 0 amide bonds. The largest absolute Gasteiger partial charge is 0.357 e. The number of aryl methyl sites for hydroxylation is 1. The highest BCUT2D eigenvalue weighted by Crippen LogP contribution is 2.38. The number of benzene rings is 1. The molecule has 2 aliphatic carbocycles. The first-order valence-electron chi connectivity index (χ1n) is 8.16. The lowest BCUT2D eigenvalue weighted by Crippen LogP contribution is -2.29. The summed E-state index contributed by atoms with van der Waals surface area (Å²) >= 11 is 0. The zero-order valence-corrected chi connectivity index (χ0v) is 12.3. The summed E-state index contributed by atoms with van der Waals surface area (Å²) in [5.74, 6) is 1.83. The minimum Gasteiger partial charge on any atom is -0.357 e. The molecule has 0 bridgehead atoms. The minimum absolute atomic E-state index is 0.535. The number of H-pyrrole nitrogens is 1. The van der Waals surface area contributed by atoms with E-state index >= 15 is 0 Å². The summed E-state index contributed by atoms with van der Waals surface area (Å²) in [5, 5.41) is 5.26. The zero-order valence-electron chi connectivity index (χ0n) is 12.3. The molecule has 1 heterocycles. The fourth-order valence-electron chi connectivity index (χ4n) is 3.78. The van der Waals surface area contributed by atoms with Crippen molar-refractivity contribution in [3.63, 3.8) is 0 Å². The molecular formula is C18H24N2. The third-order valence-corrected chi connectivity index (χ3v) is 5.23. The average Bonchev–Trinajstić information content (AvgIpc) is 3.26. The number of fused-ring (bicyclic) bond motifs is 3. The molecule has 2 aromatic rings. The van der Waals surface area contributed by atoms with Crippen molar-refractivity contribution in [3.05, 3.63) is 35.5 Å². The van der Waals surface area contributed by atoms with E-state index < -0.39 is 0 Å². The first-order valence-corrected chi connectivity index (χ1v) is 8.16. The standard InChI is InChI=1S/C18H24N2/c1-12(13-9-10-13)11-19-17-8-4-6-15-14-5-2-3-7-16(14)20-18(15)17/h2-3,5,7,12-13,17,19-20H,4,6,8-11H2,1H3. The second-order valence-corrected chi connectivity index (χ2v) is 6.73. The fraction of sp³-hybridized carbons (Fsp3) is 0.556. The van der Waals surface area contributed by atoms with Gasteiger partial charge in [0.2, 0.25) is 0 Å². The number of hydrogen-bond donors (Lipinski definition) is 2. The molecule has 0 spiro atoms. The topological polar surface area (TPSA) is 27.8 Å². The van der Waals surface area contributed by atoms with Crippen LogP contribution in [0.15, 0.2) is 24.3 Å². The van der Waals surface area contributed by atoms with E-state index in [4.69, 9.17) is 0 Å². The number of hydrogen-bond acceptors (Lipinski definition) is 1. The van der Waals surface area contributed by atoms with E-state index in [1.54, 1.807) is 5.56 Å². The number of rotatable bonds is 4. The van der Waals surface area contributed by atoms with Gasteiger partial charge in [0, 0.05) is 22.6 Å². The third-order valence-electron chi connectivity index (χ3n) is 5.23.